The molecule has 0 fully saturated rings. The fourth-order valence-electron chi connectivity index (χ4n) is 1.93. The molecule has 20 heavy (non-hydrogen) atoms. The van der Waals surface area contributed by atoms with Gasteiger partial charge in [-0.25, -0.2) is 8.42 Å². The van der Waals surface area contributed by atoms with Crippen LogP contribution in [-0.4, -0.2) is 24.5 Å². The van der Waals surface area contributed by atoms with E-state index in [2.05, 4.69) is 10.4 Å². The second-order valence-electron chi connectivity index (χ2n) is 4.80. The van der Waals surface area contributed by atoms with Gasteiger partial charge in [0.2, 0.25) is 0 Å². The number of benzene rings is 1. The molecule has 0 aliphatic rings. The van der Waals surface area contributed by atoms with Gasteiger partial charge in [0.15, 0.2) is 9.84 Å². The summed E-state index contributed by atoms with van der Waals surface area (Å²) >= 11 is 0. The number of aryl methyl sites for hydroxylation is 1. The number of sulfone groups is 1. The van der Waals surface area contributed by atoms with Crippen LogP contribution in [0.4, 0.5) is 5.69 Å². The molecule has 0 bridgehead atoms. The van der Waals surface area contributed by atoms with Crippen LogP contribution in [0.2, 0.25) is 0 Å². The number of hydrogen-bond donors (Lipinski definition) is 1. The molecular weight excluding hydrogens is 274 g/mol. The van der Waals surface area contributed by atoms with Gasteiger partial charge in [0, 0.05) is 30.2 Å². The van der Waals surface area contributed by atoms with E-state index >= 15 is 0 Å². The molecule has 0 saturated carbocycles. The molecule has 6 heteroatoms. The molecule has 0 aliphatic heterocycles. The third-order valence-corrected chi connectivity index (χ3v) is 4.23. The Labute approximate surface area is 119 Å². The quantitative estimate of drug-likeness (QED) is 0.920. The standard InChI is InChI=1S/C14H19N3O2S/c1-4-17-10-12(9-15-17)11(2)16-13-6-5-7-14(8-13)20(3,18)19/h5-11,16H,4H2,1-3H3. The Kier molecular flexibility index (Phi) is 4.13. The van der Waals surface area contributed by atoms with Gasteiger partial charge in [-0.3, -0.25) is 4.68 Å². The Balaban J connectivity index is 2.17. The first-order chi connectivity index (χ1) is 9.40. The lowest BCUT2D eigenvalue weighted by Crippen LogP contribution is -2.07. The maximum Gasteiger partial charge on any atom is 0.175 e. The highest BCUT2D eigenvalue weighted by Gasteiger charge is 2.10. The predicted octanol–water partition coefficient (Wildman–Crippen LogP) is 2.48. The van der Waals surface area contributed by atoms with Crippen molar-refractivity contribution >= 4 is 15.5 Å². The van der Waals surface area contributed by atoms with E-state index in [-0.39, 0.29) is 6.04 Å². The number of nitrogens with zero attached hydrogens (tertiary/aromatic N) is 2. The van der Waals surface area contributed by atoms with Gasteiger partial charge in [-0.1, -0.05) is 6.07 Å². The van der Waals surface area contributed by atoms with Crippen molar-refractivity contribution in [2.24, 2.45) is 0 Å². The first kappa shape index (κ1) is 14.6. The van der Waals surface area contributed by atoms with Crippen LogP contribution in [0.25, 0.3) is 0 Å². The maximum absolute atomic E-state index is 11.5. The molecule has 108 valence electrons. The molecule has 0 aliphatic carbocycles. The van der Waals surface area contributed by atoms with Crippen molar-refractivity contribution in [3.8, 4) is 0 Å². The molecule has 0 saturated heterocycles. The highest BCUT2D eigenvalue weighted by Crippen LogP contribution is 2.21. The predicted molar refractivity (Wildman–Crippen MR) is 79.5 cm³/mol. The van der Waals surface area contributed by atoms with Gasteiger partial charge in [-0.05, 0) is 32.0 Å². The lowest BCUT2D eigenvalue weighted by molar-refractivity contribution is 0.602. The normalized spacial score (nSPS) is 13.2. The number of aromatic nitrogens is 2. The van der Waals surface area contributed by atoms with Gasteiger partial charge >= 0.3 is 0 Å². The molecule has 5 nitrogen and oxygen atoms in total. The minimum Gasteiger partial charge on any atom is -0.378 e. The molecule has 2 aromatic rings. The topological polar surface area (TPSA) is 64.0 Å². The van der Waals surface area contributed by atoms with Crippen molar-refractivity contribution < 1.29 is 8.42 Å². The first-order valence-corrected chi connectivity index (χ1v) is 8.38. The average molecular weight is 293 g/mol. The van der Waals surface area contributed by atoms with Crippen LogP contribution in [-0.2, 0) is 16.4 Å². The van der Waals surface area contributed by atoms with E-state index in [4.69, 9.17) is 0 Å². The SMILES string of the molecule is CCn1cc(C(C)Nc2cccc(S(C)(=O)=O)c2)cn1. The van der Waals surface area contributed by atoms with Gasteiger partial charge in [0.25, 0.3) is 0 Å². The molecule has 1 aromatic carbocycles. The zero-order valence-electron chi connectivity index (χ0n) is 11.9. The van der Waals surface area contributed by atoms with Gasteiger partial charge in [0.1, 0.15) is 0 Å². The monoisotopic (exact) mass is 293 g/mol. The number of rotatable bonds is 5. The van der Waals surface area contributed by atoms with Gasteiger partial charge in [-0.2, -0.15) is 5.10 Å². The van der Waals surface area contributed by atoms with Crippen LogP contribution < -0.4 is 5.32 Å². The van der Waals surface area contributed by atoms with Crippen LogP contribution in [0.1, 0.15) is 25.5 Å². The summed E-state index contributed by atoms with van der Waals surface area (Å²) in [6.07, 6.45) is 5.01. The summed E-state index contributed by atoms with van der Waals surface area (Å²) in [6, 6.07) is 6.90. The van der Waals surface area contributed by atoms with Crippen molar-refractivity contribution in [2.45, 2.75) is 31.3 Å². The van der Waals surface area contributed by atoms with Crippen molar-refractivity contribution in [1.29, 1.82) is 0 Å². The zero-order valence-corrected chi connectivity index (χ0v) is 12.7. The van der Waals surface area contributed by atoms with E-state index in [1.165, 1.54) is 6.26 Å². The Bertz CT molecular complexity index is 692. The van der Waals surface area contributed by atoms with Crippen LogP contribution in [0.3, 0.4) is 0 Å². The van der Waals surface area contributed by atoms with E-state index in [1.807, 2.05) is 37.0 Å². The van der Waals surface area contributed by atoms with E-state index in [0.29, 0.717) is 4.90 Å². The van der Waals surface area contributed by atoms with Gasteiger partial charge in [-0.15, -0.1) is 0 Å². The molecule has 2 rings (SSSR count). The van der Waals surface area contributed by atoms with E-state index < -0.39 is 9.84 Å². The first-order valence-electron chi connectivity index (χ1n) is 6.49. The fraction of sp³-hybridized carbons (Fsp3) is 0.357. The fourth-order valence-corrected chi connectivity index (χ4v) is 2.59. The lowest BCUT2D eigenvalue weighted by Gasteiger charge is -2.14. The van der Waals surface area contributed by atoms with E-state index in [0.717, 1.165) is 17.8 Å². The summed E-state index contributed by atoms with van der Waals surface area (Å²) in [5.74, 6) is 0. The summed E-state index contributed by atoms with van der Waals surface area (Å²) < 4.78 is 24.9. The van der Waals surface area contributed by atoms with Crippen molar-refractivity contribution in [2.75, 3.05) is 11.6 Å². The summed E-state index contributed by atoms with van der Waals surface area (Å²) in [7, 11) is -3.18. The zero-order chi connectivity index (χ0) is 14.8. The molecule has 1 N–H and O–H groups in total. The molecule has 0 amide bonds. The maximum atomic E-state index is 11.5. The minimum absolute atomic E-state index is 0.0603. The van der Waals surface area contributed by atoms with Crippen LogP contribution in [0.5, 0.6) is 0 Å². The summed E-state index contributed by atoms with van der Waals surface area (Å²) in [4.78, 5) is 0.318. The number of nitrogens with one attached hydrogen (secondary N) is 1. The summed E-state index contributed by atoms with van der Waals surface area (Å²) in [6.45, 7) is 4.88. The average Bonchev–Trinajstić information content (AvgIpc) is 2.87. The number of anilines is 1. The van der Waals surface area contributed by atoms with E-state index in [1.54, 1.807) is 18.2 Å². The third-order valence-electron chi connectivity index (χ3n) is 3.12. The summed E-state index contributed by atoms with van der Waals surface area (Å²) in [5.41, 5.74) is 1.85. The molecule has 1 unspecified atom stereocenters. The van der Waals surface area contributed by atoms with Crippen molar-refractivity contribution in [3.05, 3.63) is 42.2 Å². The Morgan fingerprint density at radius 3 is 2.75 bits per heavy atom. The molecule has 1 heterocycles. The highest BCUT2D eigenvalue weighted by molar-refractivity contribution is 7.90. The Hall–Kier alpha value is -1.82. The highest BCUT2D eigenvalue weighted by atomic mass is 32.2. The third kappa shape index (κ3) is 3.39. The van der Waals surface area contributed by atoms with Gasteiger partial charge in [0.05, 0.1) is 17.1 Å². The second-order valence-corrected chi connectivity index (χ2v) is 6.81. The van der Waals surface area contributed by atoms with Crippen LogP contribution >= 0.6 is 0 Å². The second kappa shape index (κ2) is 5.66. The Morgan fingerprint density at radius 1 is 1.40 bits per heavy atom. The van der Waals surface area contributed by atoms with Crippen LogP contribution in [0.15, 0.2) is 41.6 Å². The molecule has 1 atom stereocenters. The van der Waals surface area contributed by atoms with E-state index in [9.17, 15) is 8.42 Å². The molecule has 0 radical (unpaired) electrons. The van der Waals surface area contributed by atoms with Crippen LogP contribution in [0, 0.1) is 0 Å². The molecule has 1 aromatic heterocycles. The van der Waals surface area contributed by atoms with Crippen molar-refractivity contribution in [3.63, 3.8) is 0 Å². The van der Waals surface area contributed by atoms with Crippen molar-refractivity contribution in [1.82, 2.24) is 9.78 Å². The largest absolute Gasteiger partial charge is 0.378 e. The Morgan fingerprint density at radius 2 is 2.15 bits per heavy atom. The number of hydrogen-bond acceptors (Lipinski definition) is 4. The van der Waals surface area contributed by atoms with Gasteiger partial charge < -0.3 is 5.32 Å². The summed E-state index contributed by atoms with van der Waals surface area (Å²) in [5, 5.41) is 7.53. The lowest BCUT2D eigenvalue weighted by atomic mass is 10.2. The molecule has 0 spiro atoms. The smallest absolute Gasteiger partial charge is 0.175 e. The molecular formula is C14H19N3O2S. The minimum atomic E-state index is -3.18.